The van der Waals surface area contributed by atoms with Crippen LogP contribution in [0.25, 0.3) is 0 Å². The maximum absolute atomic E-state index is 5.60. The molecule has 106 valence electrons. The van der Waals surface area contributed by atoms with Crippen LogP contribution < -0.4 is 10.1 Å². The quantitative estimate of drug-likeness (QED) is 0.750. The van der Waals surface area contributed by atoms with Gasteiger partial charge in [0.05, 0.1) is 12.6 Å². The van der Waals surface area contributed by atoms with Gasteiger partial charge in [-0.25, -0.2) is 0 Å². The molecule has 0 bridgehead atoms. The van der Waals surface area contributed by atoms with E-state index in [1.165, 1.54) is 14.7 Å². The molecule has 2 aromatic carbocycles. The van der Waals surface area contributed by atoms with E-state index in [2.05, 4.69) is 77.3 Å². The van der Waals surface area contributed by atoms with Crippen molar-refractivity contribution in [2.75, 3.05) is 13.2 Å². The Labute approximate surface area is 134 Å². The third kappa shape index (κ3) is 3.96. The van der Waals surface area contributed by atoms with E-state index < -0.39 is 0 Å². The molecule has 0 aliphatic rings. The van der Waals surface area contributed by atoms with Gasteiger partial charge >= 0.3 is 0 Å². The molecule has 0 fully saturated rings. The standard InChI is InChI=1S/C17H20INO/c1-3-19-17(13-8-10-15(18)11-9-13)14-6-5-7-16(12-14)20-4-2/h5-12,17,19H,3-4H2,1-2H3. The molecule has 0 radical (unpaired) electrons. The number of nitrogens with one attached hydrogen (secondary N) is 1. The minimum Gasteiger partial charge on any atom is -0.494 e. The molecule has 0 aliphatic carbocycles. The van der Waals surface area contributed by atoms with Gasteiger partial charge in [-0.15, -0.1) is 0 Å². The van der Waals surface area contributed by atoms with Crippen molar-refractivity contribution in [2.45, 2.75) is 19.9 Å². The summed E-state index contributed by atoms with van der Waals surface area (Å²) in [6, 6.07) is 17.2. The summed E-state index contributed by atoms with van der Waals surface area (Å²) in [6.45, 7) is 5.76. The fourth-order valence-electron chi connectivity index (χ4n) is 2.24. The average molecular weight is 381 g/mol. The molecule has 1 unspecified atom stereocenters. The van der Waals surface area contributed by atoms with Gasteiger partial charge < -0.3 is 10.1 Å². The van der Waals surface area contributed by atoms with E-state index in [1.54, 1.807) is 0 Å². The van der Waals surface area contributed by atoms with E-state index in [0.717, 1.165) is 12.3 Å². The van der Waals surface area contributed by atoms with Crippen LogP contribution in [0, 0.1) is 3.57 Å². The Balaban J connectivity index is 2.32. The van der Waals surface area contributed by atoms with Crippen LogP contribution in [-0.2, 0) is 0 Å². The lowest BCUT2D eigenvalue weighted by atomic mass is 9.98. The third-order valence-electron chi connectivity index (χ3n) is 3.11. The fraction of sp³-hybridized carbons (Fsp3) is 0.294. The van der Waals surface area contributed by atoms with E-state index in [1.807, 2.05) is 13.0 Å². The van der Waals surface area contributed by atoms with E-state index in [0.29, 0.717) is 6.61 Å². The predicted octanol–water partition coefficient (Wildman–Crippen LogP) is 4.39. The van der Waals surface area contributed by atoms with Crippen molar-refractivity contribution in [3.05, 3.63) is 63.2 Å². The second-order valence-electron chi connectivity index (χ2n) is 4.55. The highest BCUT2D eigenvalue weighted by molar-refractivity contribution is 14.1. The highest BCUT2D eigenvalue weighted by Crippen LogP contribution is 2.25. The van der Waals surface area contributed by atoms with Crippen LogP contribution in [0.4, 0.5) is 0 Å². The van der Waals surface area contributed by atoms with E-state index in [9.17, 15) is 0 Å². The Morgan fingerprint density at radius 2 is 1.80 bits per heavy atom. The van der Waals surface area contributed by atoms with Gasteiger partial charge in [-0.3, -0.25) is 0 Å². The lowest BCUT2D eigenvalue weighted by Crippen LogP contribution is -2.22. The first-order chi connectivity index (χ1) is 9.74. The van der Waals surface area contributed by atoms with Crippen molar-refractivity contribution in [1.29, 1.82) is 0 Å². The minimum absolute atomic E-state index is 0.206. The molecule has 2 rings (SSSR count). The van der Waals surface area contributed by atoms with Crippen LogP contribution in [0.2, 0.25) is 0 Å². The zero-order chi connectivity index (χ0) is 14.4. The topological polar surface area (TPSA) is 21.3 Å². The van der Waals surface area contributed by atoms with Gasteiger partial charge in [-0.2, -0.15) is 0 Å². The molecular weight excluding hydrogens is 361 g/mol. The molecule has 1 N–H and O–H groups in total. The largest absolute Gasteiger partial charge is 0.494 e. The Morgan fingerprint density at radius 1 is 1.05 bits per heavy atom. The summed E-state index contributed by atoms with van der Waals surface area (Å²) in [5.74, 6) is 0.929. The number of benzene rings is 2. The minimum atomic E-state index is 0.206. The molecular formula is C17H20INO. The molecule has 2 nitrogen and oxygen atoms in total. The summed E-state index contributed by atoms with van der Waals surface area (Å²) >= 11 is 2.33. The van der Waals surface area contributed by atoms with E-state index in [4.69, 9.17) is 4.74 Å². The summed E-state index contributed by atoms with van der Waals surface area (Å²) in [6.07, 6.45) is 0. The normalized spacial score (nSPS) is 12.2. The molecule has 0 heterocycles. The summed E-state index contributed by atoms with van der Waals surface area (Å²) in [4.78, 5) is 0. The van der Waals surface area contributed by atoms with Crippen molar-refractivity contribution >= 4 is 22.6 Å². The van der Waals surface area contributed by atoms with Crippen LogP contribution >= 0.6 is 22.6 Å². The van der Waals surface area contributed by atoms with Gasteiger partial charge in [0.1, 0.15) is 5.75 Å². The van der Waals surface area contributed by atoms with Crippen molar-refractivity contribution < 1.29 is 4.74 Å². The second kappa shape index (κ2) is 7.64. The molecule has 0 spiro atoms. The number of rotatable bonds is 6. The van der Waals surface area contributed by atoms with Crippen molar-refractivity contribution in [3.63, 3.8) is 0 Å². The Bertz CT molecular complexity index is 539. The number of hydrogen-bond donors (Lipinski definition) is 1. The van der Waals surface area contributed by atoms with Gasteiger partial charge in [0.2, 0.25) is 0 Å². The van der Waals surface area contributed by atoms with Crippen LogP contribution in [0.1, 0.15) is 31.0 Å². The molecule has 0 amide bonds. The van der Waals surface area contributed by atoms with Gasteiger partial charge in [0, 0.05) is 3.57 Å². The maximum atomic E-state index is 5.60. The van der Waals surface area contributed by atoms with Crippen molar-refractivity contribution in [3.8, 4) is 5.75 Å². The number of halogens is 1. The zero-order valence-electron chi connectivity index (χ0n) is 11.9. The molecule has 2 aromatic rings. The van der Waals surface area contributed by atoms with Crippen molar-refractivity contribution in [1.82, 2.24) is 5.32 Å². The number of ether oxygens (including phenoxy) is 1. The summed E-state index contributed by atoms with van der Waals surface area (Å²) in [5.41, 5.74) is 2.51. The zero-order valence-corrected chi connectivity index (χ0v) is 14.1. The molecule has 0 saturated carbocycles. The summed E-state index contributed by atoms with van der Waals surface area (Å²) in [7, 11) is 0. The Hall–Kier alpha value is -1.07. The highest BCUT2D eigenvalue weighted by Gasteiger charge is 2.13. The SMILES string of the molecule is CCNC(c1ccc(I)cc1)c1cccc(OCC)c1. The average Bonchev–Trinajstić information content (AvgIpc) is 2.47. The first-order valence-corrected chi connectivity index (χ1v) is 8.04. The van der Waals surface area contributed by atoms with Crippen LogP contribution in [0.3, 0.4) is 0 Å². The third-order valence-corrected chi connectivity index (χ3v) is 3.83. The lowest BCUT2D eigenvalue weighted by molar-refractivity contribution is 0.339. The van der Waals surface area contributed by atoms with Gasteiger partial charge in [-0.05, 0) is 71.5 Å². The second-order valence-corrected chi connectivity index (χ2v) is 5.79. The molecule has 1 atom stereocenters. The van der Waals surface area contributed by atoms with Crippen LogP contribution in [0.15, 0.2) is 48.5 Å². The van der Waals surface area contributed by atoms with Gasteiger partial charge in [0.15, 0.2) is 0 Å². The first-order valence-electron chi connectivity index (χ1n) is 6.96. The lowest BCUT2D eigenvalue weighted by Gasteiger charge is -2.20. The smallest absolute Gasteiger partial charge is 0.119 e. The molecule has 0 aliphatic heterocycles. The fourth-order valence-corrected chi connectivity index (χ4v) is 2.60. The molecule has 0 aromatic heterocycles. The maximum Gasteiger partial charge on any atom is 0.119 e. The Kier molecular flexibility index (Phi) is 5.86. The van der Waals surface area contributed by atoms with Crippen LogP contribution in [0.5, 0.6) is 5.75 Å². The molecule has 20 heavy (non-hydrogen) atoms. The summed E-state index contributed by atoms with van der Waals surface area (Å²) < 4.78 is 6.86. The Morgan fingerprint density at radius 3 is 2.45 bits per heavy atom. The predicted molar refractivity (Wildman–Crippen MR) is 92.3 cm³/mol. The first kappa shape index (κ1) is 15.3. The monoisotopic (exact) mass is 381 g/mol. The van der Waals surface area contributed by atoms with Gasteiger partial charge in [0.25, 0.3) is 0 Å². The van der Waals surface area contributed by atoms with Crippen molar-refractivity contribution in [2.24, 2.45) is 0 Å². The van der Waals surface area contributed by atoms with Crippen LogP contribution in [-0.4, -0.2) is 13.2 Å². The highest BCUT2D eigenvalue weighted by atomic mass is 127. The van der Waals surface area contributed by atoms with Gasteiger partial charge in [-0.1, -0.05) is 31.2 Å². The molecule has 3 heteroatoms. The van der Waals surface area contributed by atoms with E-state index in [-0.39, 0.29) is 6.04 Å². The number of hydrogen-bond acceptors (Lipinski definition) is 2. The molecule has 0 saturated heterocycles. The van der Waals surface area contributed by atoms with E-state index >= 15 is 0 Å². The summed E-state index contributed by atoms with van der Waals surface area (Å²) in [5, 5.41) is 3.55.